The zero-order valence-electron chi connectivity index (χ0n) is 12.6. The van der Waals surface area contributed by atoms with E-state index in [9.17, 15) is 0 Å². The minimum absolute atomic E-state index is 0.0633. The third kappa shape index (κ3) is 4.65. The smallest absolute Gasteiger partial charge is 0.218 e. The normalized spacial score (nSPS) is 11.7. The predicted octanol–water partition coefficient (Wildman–Crippen LogP) is 1.38. The van der Waals surface area contributed by atoms with Crippen LogP contribution < -0.4 is 10.1 Å². The lowest BCUT2D eigenvalue weighted by Crippen LogP contribution is -2.43. The molecule has 0 aliphatic rings. The van der Waals surface area contributed by atoms with Gasteiger partial charge in [0.05, 0.1) is 0 Å². The van der Waals surface area contributed by atoms with Crippen LogP contribution in [0.5, 0.6) is 5.88 Å². The van der Waals surface area contributed by atoms with Gasteiger partial charge in [0.15, 0.2) is 5.82 Å². The molecule has 19 heavy (non-hydrogen) atoms. The molecule has 0 aromatic carbocycles. The van der Waals surface area contributed by atoms with Gasteiger partial charge in [0.1, 0.15) is 19.0 Å². The predicted molar refractivity (Wildman–Crippen MR) is 75.6 cm³/mol. The highest BCUT2D eigenvalue weighted by molar-refractivity contribution is 5.37. The van der Waals surface area contributed by atoms with E-state index in [-0.39, 0.29) is 5.54 Å². The standard InChI is InChI=1S/C13H24N4O2/c1-13(2,17(4)5)9-19-12-7-10(14-3)15-11(16-12)8-18-6/h7H,8-9H2,1-6H3,(H,14,15,16). The van der Waals surface area contributed by atoms with Gasteiger partial charge in [-0.25, -0.2) is 4.98 Å². The molecule has 0 aliphatic heterocycles. The first-order chi connectivity index (χ1) is 8.89. The van der Waals surface area contributed by atoms with Gasteiger partial charge < -0.3 is 19.7 Å². The van der Waals surface area contributed by atoms with Crippen molar-refractivity contribution in [2.45, 2.75) is 26.0 Å². The Morgan fingerprint density at radius 2 is 2.00 bits per heavy atom. The molecule has 0 bridgehead atoms. The number of aromatic nitrogens is 2. The summed E-state index contributed by atoms with van der Waals surface area (Å²) in [5.41, 5.74) is -0.0633. The quantitative estimate of drug-likeness (QED) is 0.806. The molecule has 0 aliphatic carbocycles. The fourth-order valence-electron chi connectivity index (χ4n) is 1.25. The fraction of sp³-hybridized carbons (Fsp3) is 0.692. The van der Waals surface area contributed by atoms with Crippen molar-refractivity contribution in [2.75, 3.05) is 40.2 Å². The van der Waals surface area contributed by atoms with Crippen LogP contribution in [-0.4, -0.2) is 55.3 Å². The SMILES string of the molecule is CNc1cc(OCC(C)(C)N(C)C)nc(COC)n1. The molecule has 1 rings (SSSR count). The highest BCUT2D eigenvalue weighted by atomic mass is 16.5. The van der Waals surface area contributed by atoms with Crippen molar-refractivity contribution in [2.24, 2.45) is 0 Å². The lowest BCUT2D eigenvalue weighted by Gasteiger charge is -2.31. The summed E-state index contributed by atoms with van der Waals surface area (Å²) in [5, 5.41) is 2.99. The summed E-state index contributed by atoms with van der Waals surface area (Å²) in [6, 6.07) is 1.78. The van der Waals surface area contributed by atoms with E-state index in [1.807, 2.05) is 21.1 Å². The van der Waals surface area contributed by atoms with E-state index >= 15 is 0 Å². The van der Waals surface area contributed by atoms with Gasteiger partial charge in [0.25, 0.3) is 0 Å². The molecule has 0 radical (unpaired) electrons. The lowest BCUT2D eigenvalue weighted by atomic mass is 10.1. The molecular formula is C13H24N4O2. The Kier molecular flexibility index (Phi) is 5.50. The highest BCUT2D eigenvalue weighted by Crippen LogP contribution is 2.17. The molecule has 1 heterocycles. The van der Waals surface area contributed by atoms with Crippen molar-refractivity contribution in [1.82, 2.24) is 14.9 Å². The minimum Gasteiger partial charge on any atom is -0.476 e. The first-order valence-electron chi connectivity index (χ1n) is 6.24. The first-order valence-corrected chi connectivity index (χ1v) is 6.24. The number of hydrogen-bond acceptors (Lipinski definition) is 6. The Morgan fingerprint density at radius 1 is 1.32 bits per heavy atom. The van der Waals surface area contributed by atoms with Gasteiger partial charge in [-0.2, -0.15) is 4.98 Å². The van der Waals surface area contributed by atoms with E-state index in [2.05, 4.69) is 34.0 Å². The van der Waals surface area contributed by atoms with Crippen LogP contribution >= 0.6 is 0 Å². The molecule has 1 N–H and O–H groups in total. The second-order valence-electron chi connectivity index (χ2n) is 5.19. The molecule has 0 saturated heterocycles. The molecule has 0 unspecified atom stereocenters. The van der Waals surface area contributed by atoms with Crippen LogP contribution in [0.15, 0.2) is 6.07 Å². The van der Waals surface area contributed by atoms with Gasteiger partial charge in [-0.15, -0.1) is 0 Å². The number of nitrogens with one attached hydrogen (secondary N) is 1. The Morgan fingerprint density at radius 3 is 2.53 bits per heavy atom. The summed E-state index contributed by atoms with van der Waals surface area (Å²) in [4.78, 5) is 10.7. The number of hydrogen-bond donors (Lipinski definition) is 1. The van der Waals surface area contributed by atoms with Crippen molar-refractivity contribution < 1.29 is 9.47 Å². The second-order valence-corrected chi connectivity index (χ2v) is 5.19. The molecule has 0 saturated carbocycles. The van der Waals surface area contributed by atoms with Crippen LogP contribution in [-0.2, 0) is 11.3 Å². The van der Waals surface area contributed by atoms with Gasteiger partial charge in [-0.1, -0.05) is 0 Å². The molecule has 1 aromatic rings. The van der Waals surface area contributed by atoms with E-state index < -0.39 is 0 Å². The van der Waals surface area contributed by atoms with Gasteiger partial charge in [-0.3, -0.25) is 0 Å². The van der Waals surface area contributed by atoms with Gasteiger partial charge in [-0.05, 0) is 27.9 Å². The average Bonchev–Trinajstić information content (AvgIpc) is 2.36. The molecule has 0 atom stereocenters. The Bertz CT molecular complexity index is 408. The molecule has 0 amide bonds. The highest BCUT2D eigenvalue weighted by Gasteiger charge is 2.21. The maximum absolute atomic E-state index is 5.77. The number of rotatable bonds is 7. The zero-order chi connectivity index (χ0) is 14.5. The summed E-state index contributed by atoms with van der Waals surface area (Å²) in [6.07, 6.45) is 0. The molecule has 108 valence electrons. The van der Waals surface area contributed by atoms with E-state index in [0.717, 1.165) is 5.82 Å². The third-order valence-corrected chi connectivity index (χ3v) is 3.06. The summed E-state index contributed by atoms with van der Waals surface area (Å²) in [6.45, 7) is 5.14. The minimum atomic E-state index is -0.0633. The van der Waals surface area contributed by atoms with Crippen molar-refractivity contribution in [1.29, 1.82) is 0 Å². The van der Waals surface area contributed by atoms with E-state index in [1.54, 1.807) is 13.2 Å². The number of anilines is 1. The van der Waals surface area contributed by atoms with Gasteiger partial charge in [0.2, 0.25) is 5.88 Å². The average molecular weight is 268 g/mol. The number of ether oxygens (including phenoxy) is 2. The van der Waals surface area contributed by atoms with Crippen molar-refractivity contribution >= 4 is 5.82 Å². The van der Waals surface area contributed by atoms with Crippen LogP contribution in [0.25, 0.3) is 0 Å². The summed E-state index contributed by atoms with van der Waals surface area (Å²) >= 11 is 0. The van der Waals surface area contributed by atoms with E-state index in [0.29, 0.717) is 24.9 Å². The largest absolute Gasteiger partial charge is 0.476 e. The van der Waals surface area contributed by atoms with Crippen LogP contribution in [0.4, 0.5) is 5.82 Å². The molecule has 1 aromatic heterocycles. The summed E-state index contributed by atoms with van der Waals surface area (Å²) in [7, 11) is 7.48. The van der Waals surface area contributed by atoms with E-state index in [4.69, 9.17) is 9.47 Å². The molecule has 6 heteroatoms. The maximum Gasteiger partial charge on any atom is 0.218 e. The van der Waals surface area contributed by atoms with Crippen molar-refractivity contribution in [3.63, 3.8) is 0 Å². The monoisotopic (exact) mass is 268 g/mol. The van der Waals surface area contributed by atoms with Crippen LogP contribution in [0.1, 0.15) is 19.7 Å². The van der Waals surface area contributed by atoms with Crippen LogP contribution in [0.3, 0.4) is 0 Å². The zero-order valence-corrected chi connectivity index (χ0v) is 12.6. The Hall–Kier alpha value is -1.40. The Labute approximate surface area is 115 Å². The van der Waals surface area contributed by atoms with Crippen molar-refractivity contribution in [3.05, 3.63) is 11.9 Å². The van der Waals surface area contributed by atoms with Crippen molar-refractivity contribution in [3.8, 4) is 5.88 Å². The Balaban J connectivity index is 2.80. The van der Waals surface area contributed by atoms with Gasteiger partial charge in [0, 0.05) is 25.8 Å². The molecule has 0 spiro atoms. The number of methoxy groups -OCH3 is 1. The molecule has 6 nitrogen and oxygen atoms in total. The van der Waals surface area contributed by atoms with E-state index in [1.165, 1.54) is 0 Å². The topological polar surface area (TPSA) is 59.5 Å². The maximum atomic E-state index is 5.77. The first kappa shape index (κ1) is 15.7. The summed E-state index contributed by atoms with van der Waals surface area (Å²) < 4.78 is 10.8. The number of nitrogens with zero attached hydrogens (tertiary/aromatic N) is 3. The molecular weight excluding hydrogens is 244 g/mol. The molecule has 0 fully saturated rings. The second kappa shape index (κ2) is 6.68. The third-order valence-electron chi connectivity index (χ3n) is 3.06. The fourth-order valence-corrected chi connectivity index (χ4v) is 1.25. The van der Waals surface area contributed by atoms with Crippen LogP contribution in [0, 0.1) is 0 Å². The number of likely N-dealkylation sites (N-methyl/N-ethyl adjacent to an activating group) is 1. The lowest BCUT2D eigenvalue weighted by molar-refractivity contribution is 0.110. The van der Waals surface area contributed by atoms with Gasteiger partial charge >= 0.3 is 0 Å². The van der Waals surface area contributed by atoms with Crippen LogP contribution in [0.2, 0.25) is 0 Å². The summed E-state index contributed by atoms with van der Waals surface area (Å²) in [5.74, 6) is 1.88.